The van der Waals surface area contributed by atoms with Crippen molar-refractivity contribution in [3.8, 4) is 17.2 Å². The lowest BCUT2D eigenvalue weighted by atomic mass is 10.0. The van der Waals surface area contributed by atoms with Gasteiger partial charge in [-0.1, -0.05) is 0 Å². The maximum absolute atomic E-state index is 12.3. The first kappa shape index (κ1) is 17.7. The van der Waals surface area contributed by atoms with Crippen molar-refractivity contribution in [1.82, 2.24) is 0 Å². The van der Waals surface area contributed by atoms with E-state index in [2.05, 4.69) is 26.6 Å². The van der Waals surface area contributed by atoms with Crippen LogP contribution in [0.5, 0.6) is 17.2 Å². The molecule has 0 atom stereocenters. The maximum atomic E-state index is 12.3. The summed E-state index contributed by atoms with van der Waals surface area (Å²) in [5.41, 5.74) is 2.38. The van der Waals surface area contributed by atoms with E-state index in [-0.39, 0.29) is 18.4 Å². The highest BCUT2D eigenvalue weighted by molar-refractivity contribution is 9.10. The SMILES string of the molecule is O=C(COc1ccc2c(c1)CCC(=O)N2)Nc1cc2c(cc1Br)OCCO2. The first-order valence-electron chi connectivity index (χ1n) is 8.53. The third-order valence-corrected chi connectivity index (χ3v) is 4.90. The van der Waals surface area contributed by atoms with Crippen molar-refractivity contribution in [3.05, 3.63) is 40.4 Å². The predicted molar refractivity (Wildman–Crippen MR) is 103 cm³/mol. The van der Waals surface area contributed by atoms with Crippen LogP contribution in [-0.4, -0.2) is 31.6 Å². The molecular weight excluding hydrogens is 416 g/mol. The average Bonchev–Trinajstić information content (AvgIpc) is 2.67. The molecule has 0 saturated heterocycles. The van der Waals surface area contributed by atoms with Crippen molar-refractivity contribution in [1.29, 1.82) is 0 Å². The van der Waals surface area contributed by atoms with Gasteiger partial charge in [0.1, 0.15) is 19.0 Å². The fourth-order valence-corrected chi connectivity index (χ4v) is 3.37. The van der Waals surface area contributed by atoms with Crippen molar-refractivity contribution < 1.29 is 23.8 Å². The van der Waals surface area contributed by atoms with E-state index in [1.165, 1.54) is 0 Å². The summed E-state index contributed by atoms with van der Waals surface area (Å²) in [7, 11) is 0. The van der Waals surface area contributed by atoms with Crippen LogP contribution < -0.4 is 24.8 Å². The van der Waals surface area contributed by atoms with Crippen LogP contribution in [0.3, 0.4) is 0 Å². The second-order valence-corrected chi connectivity index (χ2v) is 7.03. The molecule has 0 unspecified atom stereocenters. The molecule has 4 rings (SSSR count). The Morgan fingerprint density at radius 2 is 1.93 bits per heavy atom. The van der Waals surface area contributed by atoms with Crippen molar-refractivity contribution in [2.24, 2.45) is 0 Å². The number of rotatable bonds is 4. The third-order valence-electron chi connectivity index (χ3n) is 4.25. The van der Waals surface area contributed by atoms with Gasteiger partial charge in [-0.05, 0) is 46.1 Å². The third kappa shape index (κ3) is 4.00. The molecule has 0 saturated carbocycles. The molecule has 7 nitrogen and oxygen atoms in total. The number of anilines is 2. The summed E-state index contributed by atoms with van der Waals surface area (Å²) in [5, 5.41) is 5.61. The molecule has 0 aliphatic carbocycles. The molecule has 0 radical (unpaired) electrons. The Balaban J connectivity index is 1.38. The lowest BCUT2D eigenvalue weighted by Gasteiger charge is -2.20. The topological polar surface area (TPSA) is 85.9 Å². The molecule has 2 aromatic carbocycles. The van der Waals surface area contributed by atoms with E-state index in [4.69, 9.17) is 14.2 Å². The van der Waals surface area contributed by atoms with Crippen LogP contribution in [0.15, 0.2) is 34.8 Å². The molecule has 8 heteroatoms. The summed E-state index contributed by atoms with van der Waals surface area (Å²) in [6.45, 7) is 0.847. The van der Waals surface area contributed by atoms with Gasteiger partial charge in [-0.3, -0.25) is 9.59 Å². The molecular formula is C19H17BrN2O5. The molecule has 2 N–H and O–H groups in total. The number of ether oxygens (including phenoxy) is 3. The van der Waals surface area contributed by atoms with Crippen LogP contribution in [0.2, 0.25) is 0 Å². The van der Waals surface area contributed by atoms with Crippen LogP contribution in [0.1, 0.15) is 12.0 Å². The molecule has 0 bridgehead atoms. The summed E-state index contributed by atoms with van der Waals surface area (Å²) in [4.78, 5) is 23.7. The predicted octanol–water partition coefficient (Wildman–Crippen LogP) is 3.12. The van der Waals surface area contributed by atoms with Crippen molar-refractivity contribution >= 4 is 39.1 Å². The molecule has 2 aliphatic heterocycles. The van der Waals surface area contributed by atoms with E-state index in [0.29, 0.717) is 53.5 Å². The number of benzene rings is 2. The Bertz CT molecular complexity index is 915. The number of aryl methyl sites for hydroxylation is 1. The Morgan fingerprint density at radius 1 is 1.15 bits per heavy atom. The summed E-state index contributed by atoms with van der Waals surface area (Å²) >= 11 is 3.42. The summed E-state index contributed by atoms with van der Waals surface area (Å²) in [6.07, 6.45) is 1.11. The number of halogens is 1. The van der Waals surface area contributed by atoms with Gasteiger partial charge in [-0.25, -0.2) is 0 Å². The van der Waals surface area contributed by atoms with Crippen molar-refractivity contribution in [2.45, 2.75) is 12.8 Å². The smallest absolute Gasteiger partial charge is 0.262 e. The number of nitrogens with one attached hydrogen (secondary N) is 2. The zero-order valence-corrected chi connectivity index (χ0v) is 15.9. The van der Waals surface area contributed by atoms with Crippen LogP contribution in [0.4, 0.5) is 11.4 Å². The molecule has 140 valence electrons. The van der Waals surface area contributed by atoms with Crippen LogP contribution in [0.25, 0.3) is 0 Å². The van der Waals surface area contributed by atoms with Gasteiger partial charge in [0.2, 0.25) is 5.91 Å². The highest BCUT2D eigenvalue weighted by Gasteiger charge is 2.17. The normalized spacial score (nSPS) is 14.8. The highest BCUT2D eigenvalue weighted by Crippen LogP contribution is 2.38. The van der Waals surface area contributed by atoms with E-state index < -0.39 is 0 Å². The Morgan fingerprint density at radius 3 is 2.74 bits per heavy atom. The zero-order chi connectivity index (χ0) is 18.8. The van der Waals surface area contributed by atoms with Gasteiger partial charge in [0, 0.05) is 28.7 Å². The number of carbonyl (C=O) groups is 2. The molecule has 0 fully saturated rings. The molecule has 27 heavy (non-hydrogen) atoms. The Labute approximate surface area is 164 Å². The van der Waals surface area contributed by atoms with E-state index >= 15 is 0 Å². The second-order valence-electron chi connectivity index (χ2n) is 6.18. The number of carbonyl (C=O) groups excluding carboxylic acids is 2. The summed E-state index contributed by atoms with van der Waals surface area (Å²) in [5.74, 6) is 1.54. The molecule has 2 heterocycles. The molecule has 2 aliphatic rings. The largest absolute Gasteiger partial charge is 0.486 e. The first-order chi connectivity index (χ1) is 13.1. The average molecular weight is 433 g/mol. The van der Waals surface area contributed by atoms with Gasteiger partial charge in [-0.15, -0.1) is 0 Å². The van der Waals surface area contributed by atoms with Gasteiger partial charge in [0.05, 0.1) is 5.69 Å². The standard InChI is InChI=1S/C19H17BrN2O5/c20-13-8-16-17(26-6-5-25-16)9-15(13)22-19(24)10-27-12-2-3-14-11(7-12)1-4-18(23)21-14/h2-3,7-9H,1,4-6,10H2,(H,21,23)(H,22,24). The fourth-order valence-electron chi connectivity index (χ4n) is 2.94. The minimum absolute atomic E-state index is 0.0144. The van der Waals surface area contributed by atoms with Crippen LogP contribution in [-0.2, 0) is 16.0 Å². The van der Waals surface area contributed by atoms with E-state index in [9.17, 15) is 9.59 Å². The van der Waals surface area contributed by atoms with Gasteiger partial charge in [0.15, 0.2) is 18.1 Å². The molecule has 2 amide bonds. The van der Waals surface area contributed by atoms with E-state index in [1.54, 1.807) is 24.3 Å². The van der Waals surface area contributed by atoms with E-state index in [0.717, 1.165) is 11.3 Å². The minimum Gasteiger partial charge on any atom is -0.486 e. The molecule has 0 aromatic heterocycles. The van der Waals surface area contributed by atoms with Gasteiger partial charge in [0.25, 0.3) is 5.91 Å². The Hall–Kier alpha value is -2.74. The molecule has 2 aromatic rings. The second kappa shape index (κ2) is 7.48. The van der Waals surface area contributed by atoms with Gasteiger partial charge < -0.3 is 24.8 Å². The quantitative estimate of drug-likeness (QED) is 0.774. The van der Waals surface area contributed by atoms with Gasteiger partial charge >= 0.3 is 0 Å². The minimum atomic E-state index is -0.293. The number of amides is 2. The lowest BCUT2D eigenvalue weighted by Crippen LogP contribution is -2.22. The maximum Gasteiger partial charge on any atom is 0.262 e. The number of fused-ring (bicyclic) bond motifs is 2. The lowest BCUT2D eigenvalue weighted by molar-refractivity contribution is -0.118. The number of hydrogen-bond acceptors (Lipinski definition) is 5. The zero-order valence-electron chi connectivity index (χ0n) is 14.3. The van der Waals surface area contributed by atoms with Crippen molar-refractivity contribution in [3.63, 3.8) is 0 Å². The summed E-state index contributed by atoms with van der Waals surface area (Å²) in [6, 6.07) is 8.86. The number of hydrogen-bond donors (Lipinski definition) is 2. The fraction of sp³-hybridized carbons (Fsp3) is 0.263. The first-order valence-corrected chi connectivity index (χ1v) is 9.32. The highest BCUT2D eigenvalue weighted by atomic mass is 79.9. The van der Waals surface area contributed by atoms with Crippen molar-refractivity contribution in [2.75, 3.05) is 30.5 Å². The van der Waals surface area contributed by atoms with E-state index in [1.807, 2.05) is 6.07 Å². The monoisotopic (exact) mass is 432 g/mol. The Kier molecular flexibility index (Phi) is 4.89. The molecule has 0 spiro atoms. The van der Waals surface area contributed by atoms with Crippen LogP contribution in [0, 0.1) is 0 Å². The van der Waals surface area contributed by atoms with Crippen LogP contribution >= 0.6 is 15.9 Å². The summed E-state index contributed by atoms with van der Waals surface area (Å²) < 4.78 is 17.3. The van der Waals surface area contributed by atoms with Gasteiger partial charge in [-0.2, -0.15) is 0 Å².